The Morgan fingerprint density at radius 3 is 2.25 bits per heavy atom. The van der Waals surface area contributed by atoms with Crippen LogP contribution in [0.4, 0.5) is 21.9 Å². The van der Waals surface area contributed by atoms with Gasteiger partial charge in [0.1, 0.15) is 0 Å². The maximum atomic E-state index is 12.0. The summed E-state index contributed by atoms with van der Waals surface area (Å²) in [5.41, 5.74) is 11.1. The van der Waals surface area contributed by atoms with Crippen LogP contribution >= 0.6 is 0 Å². The van der Waals surface area contributed by atoms with Crippen LogP contribution in [0.1, 0.15) is 16.7 Å². The van der Waals surface area contributed by atoms with Crippen molar-refractivity contribution in [3.63, 3.8) is 0 Å². The number of carbonyl (C=O) groups excluding carboxylic acids is 1. The number of rotatable bonds is 2. The van der Waals surface area contributed by atoms with Crippen molar-refractivity contribution < 1.29 is 4.79 Å². The van der Waals surface area contributed by atoms with E-state index in [9.17, 15) is 4.79 Å². The summed E-state index contributed by atoms with van der Waals surface area (Å²) in [7, 11) is 0. The Morgan fingerprint density at radius 1 is 0.950 bits per heavy atom. The first-order valence-corrected chi connectivity index (χ1v) is 6.47. The highest BCUT2D eigenvalue weighted by Crippen LogP contribution is 2.25. The topological polar surface area (TPSA) is 67.2 Å². The molecule has 2 aromatic rings. The van der Waals surface area contributed by atoms with E-state index >= 15 is 0 Å². The molecule has 0 fully saturated rings. The zero-order valence-electron chi connectivity index (χ0n) is 11.9. The van der Waals surface area contributed by atoms with Crippen molar-refractivity contribution >= 4 is 23.1 Å². The molecule has 0 radical (unpaired) electrons. The fraction of sp³-hybridized carbons (Fsp3) is 0.188. The molecule has 0 atom stereocenters. The summed E-state index contributed by atoms with van der Waals surface area (Å²) in [4.78, 5) is 12.0. The molecule has 2 amide bonds. The molecular weight excluding hydrogens is 250 g/mol. The van der Waals surface area contributed by atoms with E-state index in [1.807, 2.05) is 57.2 Å². The molecule has 2 aromatic carbocycles. The molecule has 20 heavy (non-hydrogen) atoms. The quantitative estimate of drug-likeness (QED) is 0.725. The van der Waals surface area contributed by atoms with Gasteiger partial charge in [-0.25, -0.2) is 4.79 Å². The van der Waals surface area contributed by atoms with Gasteiger partial charge in [0.15, 0.2) is 0 Å². The summed E-state index contributed by atoms with van der Waals surface area (Å²) >= 11 is 0. The van der Waals surface area contributed by atoms with Crippen LogP contribution in [-0.4, -0.2) is 6.03 Å². The Balaban J connectivity index is 2.12. The van der Waals surface area contributed by atoms with Crippen LogP contribution < -0.4 is 16.4 Å². The lowest BCUT2D eigenvalue weighted by atomic mass is 10.1. The fourth-order valence-electron chi connectivity index (χ4n) is 1.97. The lowest BCUT2D eigenvalue weighted by molar-refractivity contribution is 0.262. The molecule has 0 spiro atoms. The second-order valence-electron chi connectivity index (χ2n) is 4.92. The molecule has 0 saturated heterocycles. The van der Waals surface area contributed by atoms with Crippen molar-refractivity contribution in [2.24, 2.45) is 0 Å². The number of aryl methyl sites for hydroxylation is 2. The Morgan fingerprint density at radius 2 is 1.60 bits per heavy atom. The van der Waals surface area contributed by atoms with Gasteiger partial charge in [-0.2, -0.15) is 0 Å². The van der Waals surface area contributed by atoms with Gasteiger partial charge >= 0.3 is 6.03 Å². The van der Waals surface area contributed by atoms with Crippen molar-refractivity contribution in [3.05, 3.63) is 53.1 Å². The van der Waals surface area contributed by atoms with Gasteiger partial charge < -0.3 is 16.4 Å². The van der Waals surface area contributed by atoms with E-state index in [1.165, 1.54) is 0 Å². The minimum atomic E-state index is -0.273. The first kappa shape index (κ1) is 13.9. The smallest absolute Gasteiger partial charge is 0.323 e. The number of amides is 2. The van der Waals surface area contributed by atoms with E-state index in [4.69, 9.17) is 5.73 Å². The highest BCUT2D eigenvalue weighted by atomic mass is 16.2. The number of carbonyl (C=O) groups is 1. The Labute approximate surface area is 119 Å². The molecule has 0 aliphatic rings. The number of benzene rings is 2. The van der Waals surface area contributed by atoms with E-state index in [0.29, 0.717) is 5.69 Å². The Bertz CT molecular complexity index is 633. The second-order valence-corrected chi connectivity index (χ2v) is 4.92. The first-order chi connectivity index (χ1) is 9.47. The van der Waals surface area contributed by atoms with E-state index in [0.717, 1.165) is 28.1 Å². The summed E-state index contributed by atoms with van der Waals surface area (Å²) in [5, 5.41) is 5.65. The number of nitrogen functional groups attached to an aromatic ring is 1. The first-order valence-electron chi connectivity index (χ1n) is 6.47. The number of hydrogen-bond donors (Lipinski definition) is 3. The van der Waals surface area contributed by atoms with Crippen LogP contribution in [0.3, 0.4) is 0 Å². The molecule has 0 heterocycles. The lowest BCUT2D eigenvalue weighted by Crippen LogP contribution is -2.20. The van der Waals surface area contributed by atoms with Gasteiger partial charge in [0.05, 0.1) is 5.69 Å². The number of urea groups is 1. The van der Waals surface area contributed by atoms with Gasteiger partial charge in [0, 0.05) is 11.4 Å². The SMILES string of the molecule is Cc1ccc(NC(=O)Nc2c(C)ccc(N)c2C)cc1. The summed E-state index contributed by atoms with van der Waals surface area (Å²) < 4.78 is 0. The molecule has 0 aliphatic carbocycles. The van der Waals surface area contributed by atoms with Crippen molar-refractivity contribution in [2.45, 2.75) is 20.8 Å². The van der Waals surface area contributed by atoms with Crippen LogP contribution in [0.25, 0.3) is 0 Å². The summed E-state index contributed by atoms with van der Waals surface area (Å²) in [5.74, 6) is 0. The lowest BCUT2D eigenvalue weighted by Gasteiger charge is -2.14. The van der Waals surface area contributed by atoms with Crippen LogP contribution in [0.5, 0.6) is 0 Å². The average molecular weight is 269 g/mol. The fourth-order valence-corrected chi connectivity index (χ4v) is 1.97. The van der Waals surface area contributed by atoms with E-state index in [1.54, 1.807) is 0 Å². The molecule has 0 bridgehead atoms. The van der Waals surface area contributed by atoms with Crippen LogP contribution in [-0.2, 0) is 0 Å². The number of hydrogen-bond acceptors (Lipinski definition) is 2. The Kier molecular flexibility index (Phi) is 3.94. The van der Waals surface area contributed by atoms with Gasteiger partial charge in [-0.05, 0) is 50.1 Å². The summed E-state index contributed by atoms with van der Waals surface area (Å²) in [6, 6.07) is 11.1. The molecular formula is C16H19N3O. The molecule has 104 valence electrons. The summed E-state index contributed by atoms with van der Waals surface area (Å²) in [6.07, 6.45) is 0. The predicted octanol–water partition coefficient (Wildman–Crippen LogP) is 3.84. The molecule has 4 heteroatoms. The second kappa shape index (κ2) is 5.65. The van der Waals surface area contributed by atoms with Crippen LogP contribution in [0.2, 0.25) is 0 Å². The van der Waals surface area contributed by atoms with Crippen molar-refractivity contribution in [3.8, 4) is 0 Å². The predicted molar refractivity (Wildman–Crippen MR) is 84.1 cm³/mol. The van der Waals surface area contributed by atoms with Gasteiger partial charge in [-0.15, -0.1) is 0 Å². The maximum Gasteiger partial charge on any atom is 0.323 e. The highest BCUT2D eigenvalue weighted by Gasteiger charge is 2.09. The van der Waals surface area contributed by atoms with Gasteiger partial charge in [0.25, 0.3) is 0 Å². The molecule has 4 N–H and O–H groups in total. The van der Waals surface area contributed by atoms with Crippen molar-refractivity contribution in [2.75, 3.05) is 16.4 Å². The number of anilines is 3. The van der Waals surface area contributed by atoms with Gasteiger partial charge in [-0.3, -0.25) is 0 Å². The molecule has 0 unspecified atom stereocenters. The molecule has 2 rings (SSSR count). The molecule has 0 aliphatic heterocycles. The molecule has 0 aromatic heterocycles. The van der Waals surface area contributed by atoms with Crippen LogP contribution in [0, 0.1) is 20.8 Å². The zero-order valence-corrected chi connectivity index (χ0v) is 11.9. The maximum absolute atomic E-state index is 12.0. The minimum Gasteiger partial charge on any atom is -0.398 e. The van der Waals surface area contributed by atoms with Crippen LogP contribution in [0.15, 0.2) is 36.4 Å². The third kappa shape index (κ3) is 3.09. The van der Waals surface area contributed by atoms with Crippen molar-refractivity contribution in [1.82, 2.24) is 0 Å². The average Bonchev–Trinajstić information content (AvgIpc) is 2.42. The zero-order chi connectivity index (χ0) is 14.7. The van der Waals surface area contributed by atoms with Gasteiger partial charge in [0.2, 0.25) is 0 Å². The standard InChI is InChI=1S/C16H19N3O/c1-10-4-7-13(8-5-10)18-16(20)19-15-11(2)6-9-14(17)12(15)3/h4-9H,17H2,1-3H3,(H2,18,19,20). The normalized spacial score (nSPS) is 10.2. The third-order valence-electron chi connectivity index (χ3n) is 3.26. The largest absolute Gasteiger partial charge is 0.398 e. The minimum absolute atomic E-state index is 0.273. The Hall–Kier alpha value is -2.49. The number of nitrogens with two attached hydrogens (primary N) is 1. The van der Waals surface area contributed by atoms with Crippen molar-refractivity contribution in [1.29, 1.82) is 0 Å². The number of nitrogens with one attached hydrogen (secondary N) is 2. The molecule has 4 nitrogen and oxygen atoms in total. The summed E-state index contributed by atoms with van der Waals surface area (Å²) in [6.45, 7) is 5.83. The van der Waals surface area contributed by atoms with Gasteiger partial charge in [-0.1, -0.05) is 23.8 Å². The molecule has 0 saturated carbocycles. The van der Waals surface area contributed by atoms with E-state index < -0.39 is 0 Å². The highest BCUT2D eigenvalue weighted by molar-refractivity contribution is 6.01. The monoisotopic (exact) mass is 269 g/mol. The van der Waals surface area contributed by atoms with E-state index in [-0.39, 0.29) is 6.03 Å². The third-order valence-corrected chi connectivity index (χ3v) is 3.26. The van der Waals surface area contributed by atoms with E-state index in [2.05, 4.69) is 10.6 Å².